The van der Waals surface area contributed by atoms with E-state index in [2.05, 4.69) is 42.0 Å². The number of amides is 4. The standard InChI is InChI=1S/C18H22N2O4.C18H22N2O3S/c1-11-6-8-12(9-7-11)19-17(22)20-13-10-14(18(2,3)4)24-15(13)16(21)23-5;1-11-6-8-12(9-7-11)19-17(22)20-15-13(16(21)23-5)10-14(24-15)18(2,3)4/h2*6-10H,1-5H3,(H2,19,20,22). The smallest absolute Gasteiger partial charge is 0.376 e. The Balaban J connectivity index is 0.000000260. The molecule has 4 rings (SSSR count). The third-order valence-corrected chi connectivity index (χ3v) is 8.29. The van der Waals surface area contributed by atoms with E-state index in [9.17, 15) is 19.2 Å². The highest BCUT2D eigenvalue weighted by molar-refractivity contribution is 7.16. The van der Waals surface area contributed by atoms with Gasteiger partial charge >= 0.3 is 24.0 Å². The lowest BCUT2D eigenvalue weighted by Crippen LogP contribution is -2.20. The van der Waals surface area contributed by atoms with Crippen LogP contribution in [0.4, 0.5) is 31.7 Å². The van der Waals surface area contributed by atoms with E-state index >= 15 is 0 Å². The van der Waals surface area contributed by atoms with Gasteiger partial charge in [-0.15, -0.1) is 11.3 Å². The number of furan rings is 1. The fourth-order valence-electron chi connectivity index (χ4n) is 4.04. The molecule has 4 amide bonds. The minimum absolute atomic E-state index is 0.0264. The van der Waals surface area contributed by atoms with Gasteiger partial charge in [-0.2, -0.15) is 0 Å². The molecule has 4 aromatic rings. The molecule has 0 aliphatic heterocycles. The number of urea groups is 2. The number of thiophene rings is 1. The number of carbonyl (C=O) groups is 4. The van der Waals surface area contributed by atoms with E-state index in [-0.39, 0.29) is 22.3 Å². The highest BCUT2D eigenvalue weighted by Gasteiger charge is 2.27. The monoisotopic (exact) mass is 676 g/mol. The van der Waals surface area contributed by atoms with Crippen molar-refractivity contribution in [1.29, 1.82) is 0 Å². The second-order valence-corrected chi connectivity index (χ2v) is 14.1. The predicted molar refractivity (Wildman–Crippen MR) is 191 cm³/mol. The summed E-state index contributed by atoms with van der Waals surface area (Å²) in [4.78, 5) is 49.2. The molecule has 0 unspecified atom stereocenters. The van der Waals surface area contributed by atoms with Gasteiger partial charge in [0.05, 0.1) is 25.5 Å². The minimum atomic E-state index is -0.642. The molecule has 0 spiro atoms. The van der Waals surface area contributed by atoms with Gasteiger partial charge in [-0.25, -0.2) is 19.2 Å². The largest absolute Gasteiger partial charge is 0.465 e. The Bertz CT molecular complexity index is 1610. The second kappa shape index (κ2) is 15.7. The molecule has 11 nitrogen and oxygen atoms in total. The van der Waals surface area contributed by atoms with E-state index < -0.39 is 24.0 Å². The molecule has 0 fully saturated rings. The van der Waals surface area contributed by atoms with Gasteiger partial charge in [-0.1, -0.05) is 76.9 Å². The maximum Gasteiger partial charge on any atom is 0.376 e. The van der Waals surface area contributed by atoms with Crippen LogP contribution < -0.4 is 21.3 Å². The summed E-state index contributed by atoms with van der Waals surface area (Å²) in [5.41, 5.74) is 3.75. The third kappa shape index (κ3) is 10.5. The fraction of sp³-hybridized carbons (Fsp3) is 0.333. The van der Waals surface area contributed by atoms with Crippen LogP contribution in [0.2, 0.25) is 0 Å². The van der Waals surface area contributed by atoms with Gasteiger partial charge in [-0.3, -0.25) is 5.32 Å². The van der Waals surface area contributed by atoms with Crippen molar-refractivity contribution in [2.24, 2.45) is 0 Å². The number of methoxy groups -OCH3 is 2. The maximum absolute atomic E-state index is 12.2. The molecule has 0 saturated carbocycles. The first kappa shape index (κ1) is 37.4. The SMILES string of the molecule is COC(=O)c1cc(C(C)(C)C)sc1NC(=O)Nc1ccc(C)cc1.COC(=O)c1oc(C(C)(C)C)cc1NC(=O)Nc1ccc(C)cc1. The molecule has 0 aliphatic carbocycles. The molecular formula is C36H44N4O7S. The van der Waals surface area contributed by atoms with E-state index in [4.69, 9.17) is 13.9 Å². The second-order valence-electron chi connectivity index (χ2n) is 13.1. The zero-order valence-electron chi connectivity index (χ0n) is 29.0. The van der Waals surface area contributed by atoms with Crippen molar-refractivity contribution >= 4 is 57.4 Å². The average molecular weight is 677 g/mol. The number of anilines is 4. The normalized spacial score (nSPS) is 11.0. The highest BCUT2D eigenvalue weighted by Crippen LogP contribution is 2.36. The Hall–Kier alpha value is -5.10. The molecule has 2 aromatic heterocycles. The zero-order chi connectivity index (χ0) is 35.8. The average Bonchev–Trinajstić information content (AvgIpc) is 3.64. The molecule has 12 heteroatoms. The number of rotatable bonds is 6. The van der Waals surface area contributed by atoms with Crippen molar-refractivity contribution in [3.05, 3.63) is 93.8 Å². The van der Waals surface area contributed by atoms with E-state index in [1.165, 1.54) is 25.6 Å². The van der Waals surface area contributed by atoms with Crippen molar-refractivity contribution in [2.75, 3.05) is 35.5 Å². The number of carbonyl (C=O) groups excluding carboxylic acids is 4. The summed E-state index contributed by atoms with van der Waals surface area (Å²) in [7, 11) is 2.59. The number of esters is 2. The molecule has 256 valence electrons. The van der Waals surface area contributed by atoms with E-state index in [1.54, 1.807) is 24.3 Å². The molecular weight excluding hydrogens is 632 g/mol. The fourth-order valence-corrected chi connectivity index (χ4v) is 5.14. The van der Waals surface area contributed by atoms with Crippen LogP contribution in [-0.2, 0) is 20.3 Å². The molecule has 0 bridgehead atoms. The zero-order valence-corrected chi connectivity index (χ0v) is 29.9. The van der Waals surface area contributed by atoms with Crippen LogP contribution in [0, 0.1) is 13.8 Å². The van der Waals surface area contributed by atoms with Crippen LogP contribution in [-0.4, -0.2) is 38.2 Å². The predicted octanol–water partition coefficient (Wildman–Crippen LogP) is 9.10. The lowest BCUT2D eigenvalue weighted by Gasteiger charge is -2.15. The summed E-state index contributed by atoms with van der Waals surface area (Å²) >= 11 is 1.38. The number of nitrogens with one attached hydrogen (secondary N) is 4. The van der Waals surface area contributed by atoms with Crippen molar-refractivity contribution in [3.8, 4) is 0 Å². The molecule has 2 heterocycles. The van der Waals surface area contributed by atoms with Crippen LogP contribution in [0.25, 0.3) is 0 Å². The maximum atomic E-state index is 12.2. The van der Waals surface area contributed by atoms with Gasteiger partial charge in [0.1, 0.15) is 10.8 Å². The van der Waals surface area contributed by atoms with Gasteiger partial charge in [0.15, 0.2) is 0 Å². The van der Waals surface area contributed by atoms with Crippen molar-refractivity contribution in [2.45, 2.75) is 66.2 Å². The molecule has 48 heavy (non-hydrogen) atoms. The van der Waals surface area contributed by atoms with Crippen LogP contribution >= 0.6 is 11.3 Å². The van der Waals surface area contributed by atoms with Crippen LogP contribution in [0.15, 0.2) is 65.1 Å². The van der Waals surface area contributed by atoms with Gasteiger partial charge in [0.25, 0.3) is 0 Å². The highest BCUT2D eigenvalue weighted by atomic mass is 32.1. The van der Waals surface area contributed by atoms with Crippen molar-refractivity contribution < 1.29 is 33.1 Å². The van der Waals surface area contributed by atoms with Gasteiger partial charge in [0.2, 0.25) is 5.76 Å². The minimum Gasteiger partial charge on any atom is -0.465 e. The first-order valence-corrected chi connectivity index (χ1v) is 16.0. The van der Waals surface area contributed by atoms with Crippen molar-refractivity contribution in [3.63, 3.8) is 0 Å². The number of aryl methyl sites for hydroxylation is 2. The van der Waals surface area contributed by atoms with Crippen molar-refractivity contribution in [1.82, 2.24) is 0 Å². The molecule has 0 atom stereocenters. The van der Waals surface area contributed by atoms with E-state index in [0.29, 0.717) is 27.7 Å². The third-order valence-electron chi connectivity index (χ3n) is 6.81. The quantitative estimate of drug-likeness (QED) is 0.149. The Morgan fingerprint density at radius 2 is 1.12 bits per heavy atom. The first-order chi connectivity index (χ1) is 22.4. The molecule has 4 N–H and O–H groups in total. The number of ether oxygens (including phenoxy) is 2. The number of hydrogen-bond acceptors (Lipinski definition) is 8. The molecule has 0 aliphatic rings. The number of hydrogen-bond donors (Lipinski definition) is 4. The lowest BCUT2D eigenvalue weighted by atomic mass is 9.93. The summed E-state index contributed by atoms with van der Waals surface area (Å²) in [5, 5.41) is 11.3. The molecule has 0 radical (unpaired) electrons. The van der Waals surface area contributed by atoms with Gasteiger partial charge in [-0.05, 0) is 49.6 Å². The molecule has 2 aromatic carbocycles. The summed E-state index contributed by atoms with van der Waals surface area (Å²) in [6, 6.07) is 17.4. The Kier molecular flexibility index (Phi) is 12.2. The lowest BCUT2D eigenvalue weighted by molar-refractivity contribution is 0.0561. The summed E-state index contributed by atoms with van der Waals surface area (Å²) in [6.07, 6.45) is 0. The topological polar surface area (TPSA) is 148 Å². The Morgan fingerprint density at radius 3 is 1.56 bits per heavy atom. The van der Waals surface area contributed by atoms with E-state index in [0.717, 1.165) is 16.0 Å². The van der Waals surface area contributed by atoms with E-state index in [1.807, 2.05) is 71.0 Å². The van der Waals surface area contributed by atoms with Crippen LogP contribution in [0.1, 0.15) is 84.2 Å². The summed E-state index contributed by atoms with van der Waals surface area (Å²) in [6.45, 7) is 15.9. The number of benzene rings is 2. The first-order valence-electron chi connectivity index (χ1n) is 15.2. The molecule has 0 saturated heterocycles. The Labute approximate surface area is 285 Å². The van der Waals surface area contributed by atoms with Gasteiger partial charge < -0.3 is 29.8 Å². The Morgan fingerprint density at radius 1 is 0.646 bits per heavy atom. The summed E-state index contributed by atoms with van der Waals surface area (Å²) < 4.78 is 15.1. The van der Waals surface area contributed by atoms with Crippen LogP contribution in [0.5, 0.6) is 0 Å². The summed E-state index contributed by atoms with van der Waals surface area (Å²) in [5.74, 6) is -0.557. The van der Waals surface area contributed by atoms with Gasteiger partial charge in [0, 0.05) is 27.7 Å². The van der Waals surface area contributed by atoms with Crippen LogP contribution in [0.3, 0.4) is 0 Å².